The first-order valence-electron chi connectivity index (χ1n) is 12.3. The molecule has 5 amide bonds. The maximum Gasteiger partial charge on any atom is 0.418 e. The van der Waals surface area contributed by atoms with Crippen molar-refractivity contribution >= 4 is 29.6 Å². The normalized spacial score (nSPS) is 34.9. The van der Waals surface area contributed by atoms with Crippen molar-refractivity contribution in [1.29, 1.82) is 0 Å². The highest BCUT2D eigenvalue weighted by Crippen LogP contribution is 2.55. The Bertz CT molecular complexity index is 1070. The molecular formula is C25H30N4O5. The highest BCUT2D eigenvalue weighted by Gasteiger charge is 2.59. The second-order valence-electron chi connectivity index (χ2n) is 10.9. The first kappa shape index (κ1) is 21.4. The number of hydrogen-bond acceptors (Lipinski definition) is 5. The number of fused-ring (bicyclic) bond motifs is 2. The van der Waals surface area contributed by atoms with Crippen molar-refractivity contribution in [3.8, 4) is 0 Å². The number of rotatable bonds is 4. The van der Waals surface area contributed by atoms with Gasteiger partial charge in [-0.25, -0.2) is 14.5 Å². The van der Waals surface area contributed by atoms with Crippen LogP contribution in [0.5, 0.6) is 0 Å². The number of urea groups is 1. The summed E-state index contributed by atoms with van der Waals surface area (Å²) in [6.07, 6.45) is 6.92. The van der Waals surface area contributed by atoms with Crippen molar-refractivity contribution < 1.29 is 23.9 Å². The van der Waals surface area contributed by atoms with Crippen LogP contribution in [0.15, 0.2) is 18.2 Å². The number of nitrogens with one attached hydrogen (secondary N) is 3. The van der Waals surface area contributed by atoms with E-state index in [1.807, 2.05) is 0 Å². The summed E-state index contributed by atoms with van der Waals surface area (Å²) >= 11 is 0. The lowest BCUT2D eigenvalue weighted by atomic mass is 9.53. The van der Waals surface area contributed by atoms with Crippen molar-refractivity contribution in [3.63, 3.8) is 0 Å². The minimum atomic E-state index is -1.39. The molecule has 180 valence electrons. The largest absolute Gasteiger partial charge is 0.427 e. The number of hydrogen-bond donors (Lipinski definition) is 3. The van der Waals surface area contributed by atoms with Crippen LogP contribution in [0.3, 0.4) is 0 Å². The van der Waals surface area contributed by atoms with E-state index in [9.17, 15) is 19.2 Å². The summed E-state index contributed by atoms with van der Waals surface area (Å²) < 4.78 is 5.66. The molecule has 7 rings (SSSR count). The lowest BCUT2D eigenvalue weighted by Crippen LogP contribution is -2.61. The molecule has 3 N–H and O–H groups in total. The number of benzene rings is 1. The predicted octanol–water partition coefficient (Wildman–Crippen LogP) is 2.64. The zero-order chi connectivity index (χ0) is 23.7. The van der Waals surface area contributed by atoms with Crippen LogP contribution in [0.25, 0.3) is 0 Å². The van der Waals surface area contributed by atoms with Gasteiger partial charge in [-0.2, -0.15) is 0 Å². The maximum absolute atomic E-state index is 13.4. The fourth-order valence-corrected chi connectivity index (χ4v) is 7.67. The molecule has 1 aliphatic heterocycles. The van der Waals surface area contributed by atoms with Crippen LogP contribution in [0.2, 0.25) is 0 Å². The Morgan fingerprint density at radius 2 is 1.76 bits per heavy atom. The first-order valence-corrected chi connectivity index (χ1v) is 12.3. The summed E-state index contributed by atoms with van der Waals surface area (Å²) in [4.78, 5) is 51.8. The minimum Gasteiger partial charge on any atom is -0.427 e. The number of nitrogens with zero attached hydrogens (tertiary/aromatic N) is 1. The van der Waals surface area contributed by atoms with E-state index in [0.717, 1.165) is 29.7 Å². The first-order chi connectivity index (χ1) is 16.3. The molecular weight excluding hydrogens is 436 g/mol. The van der Waals surface area contributed by atoms with Crippen LogP contribution in [-0.4, -0.2) is 48.0 Å². The van der Waals surface area contributed by atoms with Crippen molar-refractivity contribution in [2.24, 2.45) is 17.8 Å². The van der Waals surface area contributed by atoms with E-state index in [1.165, 1.54) is 26.3 Å². The van der Waals surface area contributed by atoms with Crippen molar-refractivity contribution in [3.05, 3.63) is 29.3 Å². The molecule has 34 heavy (non-hydrogen) atoms. The van der Waals surface area contributed by atoms with Gasteiger partial charge in [0, 0.05) is 30.3 Å². The van der Waals surface area contributed by atoms with E-state index in [1.54, 1.807) is 18.2 Å². The van der Waals surface area contributed by atoms with Crippen molar-refractivity contribution in [1.82, 2.24) is 15.5 Å². The highest BCUT2D eigenvalue weighted by molar-refractivity contribution is 6.06. The topological polar surface area (TPSA) is 117 Å². The summed E-state index contributed by atoms with van der Waals surface area (Å²) in [6.45, 7) is -0.313. The second-order valence-corrected chi connectivity index (χ2v) is 10.9. The number of imide groups is 1. The van der Waals surface area contributed by atoms with Crippen molar-refractivity contribution in [2.75, 3.05) is 18.9 Å². The second kappa shape index (κ2) is 7.45. The molecule has 1 atom stereocenters. The van der Waals surface area contributed by atoms with E-state index in [-0.39, 0.29) is 24.0 Å². The number of aryl methyl sites for hydroxylation is 1. The van der Waals surface area contributed by atoms with E-state index < -0.39 is 17.6 Å². The molecule has 1 spiro atoms. The fourth-order valence-electron chi connectivity index (χ4n) is 7.67. The summed E-state index contributed by atoms with van der Waals surface area (Å²) in [5.41, 5.74) is 0.495. The minimum absolute atomic E-state index is 0.176. The quantitative estimate of drug-likeness (QED) is 0.631. The number of carbonyl (C=O) groups excluding carboxylic acids is 4. The number of carbonyl (C=O) groups is 4. The molecule has 1 saturated heterocycles. The van der Waals surface area contributed by atoms with Crippen molar-refractivity contribution in [2.45, 2.75) is 62.5 Å². The van der Waals surface area contributed by atoms with Gasteiger partial charge in [-0.3, -0.25) is 9.59 Å². The lowest BCUT2D eigenvalue weighted by molar-refractivity contribution is -0.140. The molecule has 9 heteroatoms. The lowest BCUT2D eigenvalue weighted by Gasteiger charge is -2.56. The average Bonchev–Trinajstić information content (AvgIpc) is 3.24. The smallest absolute Gasteiger partial charge is 0.418 e. The zero-order valence-corrected chi connectivity index (χ0v) is 19.3. The average molecular weight is 467 g/mol. The Kier molecular flexibility index (Phi) is 4.70. The van der Waals surface area contributed by atoms with Gasteiger partial charge < -0.3 is 20.7 Å². The monoisotopic (exact) mass is 466 g/mol. The number of ether oxygens (including phenoxy) is 1. The van der Waals surface area contributed by atoms with Gasteiger partial charge in [0.05, 0.1) is 0 Å². The van der Waals surface area contributed by atoms with Crippen LogP contribution in [0.4, 0.5) is 15.3 Å². The summed E-state index contributed by atoms with van der Waals surface area (Å²) in [5.74, 6) is 1.29. The fraction of sp³-hybridized carbons (Fsp3) is 0.600. The van der Waals surface area contributed by atoms with Gasteiger partial charge >= 0.3 is 12.1 Å². The summed E-state index contributed by atoms with van der Waals surface area (Å²) in [5, 5.41) is 8.44. The Labute approximate surface area is 198 Å². The Morgan fingerprint density at radius 3 is 2.41 bits per heavy atom. The van der Waals surface area contributed by atoms with E-state index >= 15 is 0 Å². The number of amides is 5. The van der Waals surface area contributed by atoms with E-state index in [0.29, 0.717) is 41.8 Å². The molecule has 1 aromatic carbocycles. The zero-order valence-electron chi connectivity index (χ0n) is 19.3. The van der Waals surface area contributed by atoms with E-state index in [4.69, 9.17) is 4.74 Å². The summed E-state index contributed by atoms with van der Waals surface area (Å²) in [6, 6.07) is 4.86. The van der Waals surface area contributed by atoms with Gasteiger partial charge in [0.25, 0.3) is 5.91 Å². The SMILES string of the molecule is CNC(=O)Nc1ccc2c(c1)CCC21OC(=O)N(CC(=O)NC23C[C@H]4C[C@H](C2)C[C@@H](C3)C4)C1=O. The Morgan fingerprint density at radius 1 is 1.09 bits per heavy atom. The molecule has 4 bridgehead atoms. The van der Waals surface area contributed by atoms with Gasteiger partial charge in [0.2, 0.25) is 11.5 Å². The molecule has 0 radical (unpaired) electrons. The predicted molar refractivity (Wildman–Crippen MR) is 122 cm³/mol. The number of anilines is 1. The standard InChI is InChI=1S/C25H30N4O5/c1-26-22(32)27-18-2-3-19-17(9-18)4-5-25(19)21(31)29(23(33)34-25)13-20(30)28-24-10-14-6-15(11-24)8-16(7-14)12-24/h2-3,9,14-16H,4-8,10-13H2,1H3,(H,28,30)(H2,26,27,32)/t14-,15-,16-,24?,25?. The molecule has 5 aliphatic carbocycles. The Balaban J connectivity index is 1.17. The molecule has 9 nitrogen and oxygen atoms in total. The molecule has 4 saturated carbocycles. The van der Waals surface area contributed by atoms with Crippen LogP contribution >= 0.6 is 0 Å². The molecule has 1 heterocycles. The molecule has 1 unspecified atom stereocenters. The van der Waals surface area contributed by atoms with Crippen LogP contribution in [-0.2, 0) is 26.3 Å². The van der Waals surface area contributed by atoms with Crippen LogP contribution in [0.1, 0.15) is 56.1 Å². The third kappa shape index (κ3) is 3.27. The Hall–Kier alpha value is -3.10. The molecule has 1 aromatic rings. The third-order valence-electron chi connectivity index (χ3n) is 8.59. The summed E-state index contributed by atoms with van der Waals surface area (Å²) in [7, 11) is 1.53. The molecule has 6 aliphatic rings. The van der Waals surface area contributed by atoms with Gasteiger partial charge in [-0.15, -0.1) is 0 Å². The van der Waals surface area contributed by atoms with Crippen LogP contribution in [0, 0.1) is 17.8 Å². The van der Waals surface area contributed by atoms with E-state index in [2.05, 4.69) is 16.0 Å². The van der Waals surface area contributed by atoms with Crippen LogP contribution < -0.4 is 16.0 Å². The molecule has 0 aromatic heterocycles. The van der Waals surface area contributed by atoms with Gasteiger partial charge in [0.15, 0.2) is 0 Å². The van der Waals surface area contributed by atoms with Gasteiger partial charge in [-0.05, 0) is 80.4 Å². The van der Waals surface area contributed by atoms with Gasteiger partial charge in [0.1, 0.15) is 6.54 Å². The van der Waals surface area contributed by atoms with Gasteiger partial charge in [-0.1, -0.05) is 6.07 Å². The molecule has 5 fully saturated rings. The highest BCUT2D eigenvalue weighted by atomic mass is 16.6. The maximum atomic E-state index is 13.4. The third-order valence-corrected chi connectivity index (χ3v) is 8.59.